The van der Waals surface area contributed by atoms with Crippen molar-refractivity contribution in [3.05, 3.63) is 35.9 Å². The van der Waals surface area contributed by atoms with Crippen molar-refractivity contribution in [2.75, 3.05) is 45.0 Å². The third-order valence-electron chi connectivity index (χ3n) is 5.24. The molecule has 2 atom stereocenters. The number of hydrogen-bond donors (Lipinski definition) is 0. The van der Waals surface area contributed by atoms with Crippen LogP contribution in [0.4, 0.5) is 4.79 Å². The van der Waals surface area contributed by atoms with Crippen molar-refractivity contribution in [3.8, 4) is 0 Å². The fourth-order valence-corrected chi connectivity index (χ4v) is 4.66. The molecule has 1 aromatic rings. The zero-order valence-electron chi connectivity index (χ0n) is 14.9. The van der Waals surface area contributed by atoms with Gasteiger partial charge in [0.2, 0.25) is 0 Å². The smallest absolute Gasteiger partial charge is 0.320 e. The predicted molar refractivity (Wildman–Crippen MR) is 102 cm³/mol. The number of benzene rings is 1. The highest BCUT2D eigenvalue weighted by Gasteiger charge is 2.32. The third-order valence-corrected chi connectivity index (χ3v) is 6.35. The van der Waals surface area contributed by atoms with E-state index < -0.39 is 0 Å². The molecule has 3 rings (SSSR count). The van der Waals surface area contributed by atoms with E-state index in [0.29, 0.717) is 11.3 Å². The fraction of sp³-hybridized carbons (Fsp3) is 0.632. The maximum atomic E-state index is 12.8. The minimum absolute atomic E-state index is 0.240. The highest BCUT2D eigenvalue weighted by atomic mass is 32.2. The van der Waals surface area contributed by atoms with Crippen molar-refractivity contribution in [1.29, 1.82) is 0 Å². The lowest BCUT2D eigenvalue weighted by Crippen LogP contribution is -2.53. The average Bonchev–Trinajstić information content (AvgIpc) is 3.12. The van der Waals surface area contributed by atoms with Crippen LogP contribution in [0.1, 0.15) is 31.7 Å². The SMILES string of the molecule is CCSC(C)N1CCN(C(=O)N2CCC(c3ccccc3)C2)CC1. The molecule has 2 aliphatic heterocycles. The van der Waals surface area contributed by atoms with Gasteiger partial charge in [0.25, 0.3) is 0 Å². The monoisotopic (exact) mass is 347 g/mol. The topological polar surface area (TPSA) is 26.8 Å². The lowest BCUT2D eigenvalue weighted by atomic mass is 9.99. The Labute approximate surface area is 150 Å². The molecule has 0 spiro atoms. The van der Waals surface area contributed by atoms with Gasteiger partial charge in [-0.05, 0) is 24.7 Å². The van der Waals surface area contributed by atoms with Crippen molar-refractivity contribution in [2.45, 2.75) is 31.6 Å². The molecule has 0 radical (unpaired) electrons. The van der Waals surface area contributed by atoms with Crippen LogP contribution in [-0.4, -0.2) is 71.1 Å². The van der Waals surface area contributed by atoms with Gasteiger partial charge in [-0.25, -0.2) is 4.79 Å². The number of thioether (sulfide) groups is 1. The van der Waals surface area contributed by atoms with Crippen LogP contribution in [-0.2, 0) is 0 Å². The van der Waals surface area contributed by atoms with E-state index in [4.69, 9.17) is 0 Å². The van der Waals surface area contributed by atoms with E-state index in [9.17, 15) is 4.79 Å². The van der Waals surface area contributed by atoms with Gasteiger partial charge in [-0.15, -0.1) is 11.8 Å². The number of hydrogen-bond acceptors (Lipinski definition) is 3. The molecular formula is C19H29N3OS. The molecule has 1 aromatic carbocycles. The molecule has 2 fully saturated rings. The van der Waals surface area contributed by atoms with Gasteiger partial charge in [0, 0.05) is 45.2 Å². The van der Waals surface area contributed by atoms with Gasteiger partial charge >= 0.3 is 6.03 Å². The molecule has 0 N–H and O–H groups in total. The van der Waals surface area contributed by atoms with Crippen molar-refractivity contribution >= 4 is 17.8 Å². The second kappa shape index (κ2) is 8.26. The largest absolute Gasteiger partial charge is 0.324 e. The first kappa shape index (κ1) is 17.6. The van der Waals surface area contributed by atoms with Crippen molar-refractivity contribution in [2.24, 2.45) is 0 Å². The summed E-state index contributed by atoms with van der Waals surface area (Å²) in [7, 11) is 0. The predicted octanol–water partition coefficient (Wildman–Crippen LogP) is 3.31. The minimum Gasteiger partial charge on any atom is -0.324 e. The molecule has 0 aliphatic carbocycles. The fourth-order valence-electron chi connectivity index (χ4n) is 3.75. The third kappa shape index (κ3) is 4.06. The standard InChI is InChI=1S/C19H29N3OS/c1-3-24-16(2)20-11-13-21(14-12-20)19(23)22-10-9-18(15-22)17-7-5-4-6-8-17/h4-8,16,18H,3,9-15H2,1-2H3. The summed E-state index contributed by atoms with van der Waals surface area (Å²) >= 11 is 1.98. The summed E-state index contributed by atoms with van der Waals surface area (Å²) in [6.45, 7) is 9.95. The lowest BCUT2D eigenvalue weighted by molar-refractivity contribution is 0.115. The van der Waals surface area contributed by atoms with Crippen molar-refractivity contribution in [3.63, 3.8) is 0 Å². The Morgan fingerprint density at radius 1 is 1.12 bits per heavy atom. The number of carbonyl (C=O) groups is 1. The molecule has 5 heteroatoms. The molecule has 2 unspecified atom stereocenters. The molecule has 2 saturated heterocycles. The second-order valence-electron chi connectivity index (χ2n) is 6.70. The van der Waals surface area contributed by atoms with Gasteiger partial charge in [-0.1, -0.05) is 37.3 Å². The van der Waals surface area contributed by atoms with E-state index in [0.717, 1.165) is 51.4 Å². The Kier molecular flexibility index (Phi) is 6.06. The van der Waals surface area contributed by atoms with Crippen LogP contribution in [0.25, 0.3) is 0 Å². The highest BCUT2D eigenvalue weighted by molar-refractivity contribution is 7.99. The van der Waals surface area contributed by atoms with Gasteiger partial charge < -0.3 is 9.80 Å². The number of piperazine rings is 1. The number of nitrogens with zero attached hydrogens (tertiary/aromatic N) is 3. The first-order valence-electron chi connectivity index (χ1n) is 9.13. The second-order valence-corrected chi connectivity index (χ2v) is 8.30. The molecule has 0 saturated carbocycles. The molecule has 0 aromatic heterocycles. The van der Waals surface area contributed by atoms with Gasteiger partial charge in [-0.2, -0.15) is 0 Å². The summed E-state index contributed by atoms with van der Waals surface area (Å²) in [6.07, 6.45) is 1.08. The summed E-state index contributed by atoms with van der Waals surface area (Å²) in [5.41, 5.74) is 1.36. The van der Waals surface area contributed by atoms with Crippen LogP contribution in [0.3, 0.4) is 0 Å². The van der Waals surface area contributed by atoms with Crippen LogP contribution in [0.15, 0.2) is 30.3 Å². The Hall–Kier alpha value is -1.20. The molecule has 2 amide bonds. The zero-order valence-corrected chi connectivity index (χ0v) is 15.7. The van der Waals surface area contributed by atoms with Crippen LogP contribution in [0, 0.1) is 0 Å². The number of carbonyl (C=O) groups excluding carboxylic acids is 1. The average molecular weight is 348 g/mol. The van der Waals surface area contributed by atoms with E-state index in [1.165, 1.54) is 5.56 Å². The van der Waals surface area contributed by atoms with Crippen molar-refractivity contribution in [1.82, 2.24) is 14.7 Å². The number of likely N-dealkylation sites (tertiary alicyclic amines) is 1. The molecular weight excluding hydrogens is 318 g/mol. The maximum Gasteiger partial charge on any atom is 0.320 e. The molecule has 0 bridgehead atoms. The maximum absolute atomic E-state index is 12.8. The molecule has 24 heavy (non-hydrogen) atoms. The van der Waals surface area contributed by atoms with Crippen LogP contribution in [0.5, 0.6) is 0 Å². The highest BCUT2D eigenvalue weighted by Crippen LogP contribution is 2.28. The van der Waals surface area contributed by atoms with Gasteiger partial charge in [0.15, 0.2) is 0 Å². The van der Waals surface area contributed by atoms with E-state index in [2.05, 4.69) is 54.0 Å². The molecule has 2 aliphatic rings. The van der Waals surface area contributed by atoms with Crippen LogP contribution < -0.4 is 0 Å². The molecule has 2 heterocycles. The summed E-state index contributed by atoms with van der Waals surface area (Å²) in [5, 5.41) is 0.557. The summed E-state index contributed by atoms with van der Waals surface area (Å²) in [6, 6.07) is 10.8. The minimum atomic E-state index is 0.240. The Morgan fingerprint density at radius 3 is 2.50 bits per heavy atom. The Balaban J connectivity index is 1.50. The number of amides is 2. The van der Waals surface area contributed by atoms with E-state index >= 15 is 0 Å². The number of rotatable bonds is 4. The lowest BCUT2D eigenvalue weighted by Gasteiger charge is -2.39. The van der Waals surface area contributed by atoms with Gasteiger partial charge in [0.05, 0.1) is 5.37 Å². The van der Waals surface area contributed by atoms with Crippen LogP contribution in [0.2, 0.25) is 0 Å². The van der Waals surface area contributed by atoms with Crippen LogP contribution >= 0.6 is 11.8 Å². The van der Waals surface area contributed by atoms with Gasteiger partial charge in [-0.3, -0.25) is 4.90 Å². The normalized spacial score (nSPS) is 23.5. The molecule has 4 nitrogen and oxygen atoms in total. The summed E-state index contributed by atoms with van der Waals surface area (Å²) in [4.78, 5) is 19.4. The summed E-state index contributed by atoms with van der Waals surface area (Å²) < 4.78 is 0. The molecule has 132 valence electrons. The Bertz CT molecular complexity index is 531. The zero-order chi connectivity index (χ0) is 16.9. The van der Waals surface area contributed by atoms with E-state index in [1.54, 1.807) is 0 Å². The summed E-state index contributed by atoms with van der Waals surface area (Å²) in [5.74, 6) is 1.65. The number of urea groups is 1. The quantitative estimate of drug-likeness (QED) is 0.836. The van der Waals surface area contributed by atoms with Gasteiger partial charge in [0.1, 0.15) is 0 Å². The first-order chi connectivity index (χ1) is 11.7. The van der Waals surface area contributed by atoms with E-state index in [-0.39, 0.29) is 6.03 Å². The van der Waals surface area contributed by atoms with E-state index in [1.807, 2.05) is 16.7 Å². The first-order valence-corrected chi connectivity index (χ1v) is 10.2. The Morgan fingerprint density at radius 2 is 1.83 bits per heavy atom. The van der Waals surface area contributed by atoms with Crippen molar-refractivity contribution < 1.29 is 4.79 Å².